The van der Waals surface area contributed by atoms with Gasteiger partial charge in [0.05, 0.1) is 34.6 Å². The summed E-state index contributed by atoms with van der Waals surface area (Å²) in [6.45, 7) is 5.78. The Kier molecular flexibility index (Phi) is 6.51. The SMILES string of the molecule is COc1ccccc1NC(=O)C(C)Sc1nc2ccccc2c(=O)n1-c1cc(C)cc(C)c1. The Bertz CT molecular complexity index is 1380. The third-order valence-electron chi connectivity index (χ3n) is 5.23. The second-order valence-electron chi connectivity index (χ2n) is 7.85. The Hall–Kier alpha value is -3.58. The number of hydrogen-bond donors (Lipinski definition) is 1. The first-order valence-corrected chi connectivity index (χ1v) is 11.5. The number of hydrogen-bond acceptors (Lipinski definition) is 5. The minimum absolute atomic E-state index is 0.162. The van der Waals surface area contributed by atoms with Crippen LogP contribution in [0.5, 0.6) is 5.75 Å². The number of carbonyl (C=O) groups excluding carboxylic acids is 1. The van der Waals surface area contributed by atoms with E-state index in [9.17, 15) is 9.59 Å². The molecule has 1 atom stereocenters. The number of thioether (sulfide) groups is 1. The van der Waals surface area contributed by atoms with Gasteiger partial charge in [0.25, 0.3) is 5.56 Å². The predicted molar refractivity (Wildman–Crippen MR) is 134 cm³/mol. The zero-order chi connectivity index (χ0) is 23.5. The first kappa shape index (κ1) is 22.6. The van der Waals surface area contributed by atoms with Crippen molar-refractivity contribution in [1.29, 1.82) is 0 Å². The fraction of sp³-hybridized carbons (Fsp3) is 0.192. The molecule has 0 aliphatic heterocycles. The van der Waals surface area contributed by atoms with Gasteiger partial charge in [-0.3, -0.25) is 14.2 Å². The van der Waals surface area contributed by atoms with Gasteiger partial charge in [-0.2, -0.15) is 0 Å². The van der Waals surface area contributed by atoms with Gasteiger partial charge in [-0.05, 0) is 68.3 Å². The zero-order valence-corrected chi connectivity index (χ0v) is 19.8. The summed E-state index contributed by atoms with van der Waals surface area (Å²) < 4.78 is 6.93. The number of methoxy groups -OCH3 is 1. The van der Waals surface area contributed by atoms with E-state index in [2.05, 4.69) is 11.4 Å². The van der Waals surface area contributed by atoms with Crippen LogP contribution in [-0.2, 0) is 4.79 Å². The molecule has 0 saturated heterocycles. The van der Waals surface area contributed by atoms with E-state index in [4.69, 9.17) is 9.72 Å². The summed E-state index contributed by atoms with van der Waals surface area (Å²) >= 11 is 1.25. The van der Waals surface area contributed by atoms with Crippen LogP contribution in [0.25, 0.3) is 16.6 Å². The molecule has 0 radical (unpaired) electrons. The molecule has 6 nitrogen and oxygen atoms in total. The van der Waals surface area contributed by atoms with E-state index in [1.807, 2.05) is 56.3 Å². The Balaban J connectivity index is 1.75. The Morgan fingerprint density at radius 2 is 1.70 bits per heavy atom. The van der Waals surface area contributed by atoms with Gasteiger partial charge < -0.3 is 10.1 Å². The molecule has 0 aliphatic carbocycles. The summed E-state index contributed by atoms with van der Waals surface area (Å²) in [7, 11) is 1.56. The van der Waals surface area contributed by atoms with Crippen LogP contribution in [0.3, 0.4) is 0 Å². The fourth-order valence-corrected chi connectivity index (χ4v) is 4.62. The third-order valence-corrected chi connectivity index (χ3v) is 6.28. The van der Waals surface area contributed by atoms with Crippen LogP contribution in [0.15, 0.2) is 76.7 Å². The molecule has 1 unspecified atom stereocenters. The van der Waals surface area contributed by atoms with Gasteiger partial charge in [0, 0.05) is 0 Å². The number of amides is 1. The van der Waals surface area contributed by atoms with Crippen molar-refractivity contribution < 1.29 is 9.53 Å². The van der Waals surface area contributed by atoms with Crippen molar-refractivity contribution in [1.82, 2.24) is 9.55 Å². The van der Waals surface area contributed by atoms with Crippen LogP contribution in [-0.4, -0.2) is 27.8 Å². The number of carbonyl (C=O) groups is 1. The number of aromatic nitrogens is 2. The molecule has 1 heterocycles. The minimum atomic E-state index is -0.514. The molecule has 0 saturated carbocycles. The topological polar surface area (TPSA) is 73.2 Å². The van der Waals surface area contributed by atoms with Gasteiger partial charge in [-0.15, -0.1) is 0 Å². The Morgan fingerprint density at radius 1 is 1.03 bits per heavy atom. The van der Waals surface area contributed by atoms with Crippen molar-refractivity contribution in [3.8, 4) is 11.4 Å². The molecule has 1 N–H and O–H groups in total. The summed E-state index contributed by atoms with van der Waals surface area (Å²) in [5.41, 5.74) is 3.85. The van der Waals surface area contributed by atoms with E-state index >= 15 is 0 Å². The lowest BCUT2D eigenvalue weighted by molar-refractivity contribution is -0.115. The number of anilines is 1. The maximum atomic E-state index is 13.5. The van der Waals surface area contributed by atoms with Gasteiger partial charge in [-0.25, -0.2) is 4.98 Å². The number of benzene rings is 3. The second kappa shape index (κ2) is 9.50. The molecule has 1 aromatic heterocycles. The molecular weight excluding hydrogens is 434 g/mol. The lowest BCUT2D eigenvalue weighted by atomic mass is 10.1. The fourth-order valence-electron chi connectivity index (χ4n) is 3.69. The molecular formula is C26H25N3O3S. The number of rotatable bonds is 6. The van der Waals surface area contributed by atoms with Gasteiger partial charge in [0.1, 0.15) is 5.75 Å². The van der Waals surface area contributed by atoms with E-state index in [0.29, 0.717) is 27.5 Å². The average molecular weight is 460 g/mol. The van der Waals surface area contributed by atoms with Crippen LogP contribution in [0.2, 0.25) is 0 Å². The van der Waals surface area contributed by atoms with E-state index < -0.39 is 5.25 Å². The van der Waals surface area contributed by atoms with Crippen LogP contribution in [0.4, 0.5) is 5.69 Å². The molecule has 0 spiro atoms. The molecule has 1 amide bonds. The highest BCUT2D eigenvalue weighted by atomic mass is 32.2. The van der Waals surface area contributed by atoms with E-state index in [1.54, 1.807) is 36.8 Å². The third kappa shape index (κ3) is 4.78. The van der Waals surface area contributed by atoms with Gasteiger partial charge in [-0.1, -0.05) is 42.1 Å². The Morgan fingerprint density at radius 3 is 2.42 bits per heavy atom. The van der Waals surface area contributed by atoms with E-state index in [-0.39, 0.29) is 11.5 Å². The maximum absolute atomic E-state index is 13.5. The summed E-state index contributed by atoms with van der Waals surface area (Å²) in [5, 5.41) is 3.40. The van der Waals surface area contributed by atoms with Crippen LogP contribution in [0.1, 0.15) is 18.1 Å². The van der Waals surface area contributed by atoms with Crippen molar-refractivity contribution in [2.24, 2.45) is 0 Å². The molecule has 0 bridgehead atoms. The highest BCUT2D eigenvalue weighted by Crippen LogP contribution is 2.28. The smallest absolute Gasteiger partial charge is 0.266 e. The normalized spacial score (nSPS) is 11.9. The lowest BCUT2D eigenvalue weighted by Crippen LogP contribution is -2.26. The van der Waals surface area contributed by atoms with Crippen LogP contribution < -0.4 is 15.6 Å². The molecule has 168 valence electrons. The summed E-state index contributed by atoms with van der Waals surface area (Å²) in [5.74, 6) is 0.373. The highest BCUT2D eigenvalue weighted by molar-refractivity contribution is 8.00. The molecule has 0 fully saturated rings. The quantitative estimate of drug-likeness (QED) is 0.320. The monoisotopic (exact) mass is 459 g/mol. The van der Waals surface area contributed by atoms with Crippen molar-refractivity contribution in [3.05, 3.63) is 88.2 Å². The molecule has 0 aliphatic rings. The lowest BCUT2D eigenvalue weighted by Gasteiger charge is -2.18. The first-order valence-electron chi connectivity index (χ1n) is 10.6. The number of nitrogens with zero attached hydrogens (tertiary/aromatic N) is 2. The second-order valence-corrected chi connectivity index (χ2v) is 9.16. The number of aryl methyl sites for hydroxylation is 2. The standard InChI is InChI=1S/C26H25N3O3S/c1-16-13-17(2)15-19(14-16)29-25(31)20-9-5-6-10-21(20)28-26(29)33-18(3)24(30)27-22-11-7-8-12-23(22)32-4/h5-15,18H,1-4H3,(H,27,30). The maximum Gasteiger partial charge on any atom is 0.266 e. The number of para-hydroxylation sites is 3. The summed E-state index contributed by atoms with van der Waals surface area (Å²) in [6.07, 6.45) is 0. The Labute approximate surface area is 196 Å². The number of fused-ring (bicyclic) bond motifs is 1. The molecule has 4 rings (SSSR count). The van der Waals surface area contributed by atoms with Gasteiger partial charge in [0.2, 0.25) is 5.91 Å². The summed E-state index contributed by atoms with van der Waals surface area (Å²) in [6, 6.07) is 20.5. The van der Waals surface area contributed by atoms with Crippen LogP contribution >= 0.6 is 11.8 Å². The van der Waals surface area contributed by atoms with Crippen molar-refractivity contribution >= 4 is 34.3 Å². The largest absolute Gasteiger partial charge is 0.495 e. The molecule has 4 aromatic rings. The average Bonchev–Trinajstić information content (AvgIpc) is 2.79. The minimum Gasteiger partial charge on any atom is -0.495 e. The van der Waals surface area contributed by atoms with Crippen molar-refractivity contribution in [3.63, 3.8) is 0 Å². The summed E-state index contributed by atoms with van der Waals surface area (Å²) in [4.78, 5) is 31.2. The van der Waals surface area contributed by atoms with Gasteiger partial charge in [0.15, 0.2) is 5.16 Å². The van der Waals surface area contributed by atoms with Crippen molar-refractivity contribution in [2.45, 2.75) is 31.2 Å². The highest BCUT2D eigenvalue weighted by Gasteiger charge is 2.21. The van der Waals surface area contributed by atoms with Crippen molar-refractivity contribution in [2.75, 3.05) is 12.4 Å². The number of ether oxygens (including phenoxy) is 1. The zero-order valence-electron chi connectivity index (χ0n) is 19.0. The molecule has 33 heavy (non-hydrogen) atoms. The van der Waals surface area contributed by atoms with Crippen LogP contribution in [0, 0.1) is 13.8 Å². The first-order chi connectivity index (χ1) is 15.9. The molecule has 7 heteroatoms. The van der Waals surface area contributed by atoms with E-state index in [0.717, 1.165) is 16.8 Å². The number of nitrogens with one attached hydrogen (secondary N) is 1. The van der Waals surface area contributed by atoms with E-state index in [1.165, 1.54) is 11.8 Å². The molecule has 3 aromatic carbocycles. The van der Waals surface area contributed by atoms with Gasteiger partial charge >= 0.3 is 0 Å². The predicted octanol–water partition coefficient (Wildman–Crippen LogP) is 5.13.